The molecule has 1 atom stereocenters. The van der Waals surface area contributed by atoms with Crippen LogP contribution in [0.2, 0.25) is 0 Å². The molecule has 6 nitrogen and oxygen atoms in total. The molecule has 1 heterocycles. The zero-order valence-corrected chi connectivity index (χ0v) is 11.0. The molecule has 0 aromatic rings. The summed E-state index contributed by atoms with van der Waals surface area (Å²) in [6.45, 7) is 3.50. The highest BCUT2D eigenvalue weighted by molar-refractivity contribution is 7.91. The minimum absolute atomic E-state index is 0.0706. The minimum atomic E-state index is -3.10. The van der Waals surface area contributed by atoms with Crippen molar-refractivity contribution in [3.8, 4) is 0 Å². The average molecular weight is 265 g/mol. The van der Waals surface area contributed by atoms with Crippen molar-refractivity contribution < 1.29 is 23.1 Å². The van der Waals surface area contributed by atoms with E-state index in [1.807, 2.05) is 0 Å². The molecule has 1 fully saturated rings. The number of hydrogen-bond donors (Lipinski definition) is 1. The summed E-state index contributed by atoms with van der Waals surface area (Å²) in [4.78, 5) is 13.1. The van der Waals surface area contributed by atoms with Gasteiger partial charge in [0.2, 0.25) is 0 Å². The first-order chi connectivity index (χ1) is 7.84. The lowest BCUT2D eigenvalue weighted by Gasteiger charge is -2.36. The van der Waals surface area contributed by atoms with Gasteiger partial charge < -0.3 is 9.84 Å². The van der Waals surface area contributed by atoms with Gasteiger partial charge in [0, 0.05) is 6.54 Å². The molecule has 0 radical (unpaired) electrons. The van der Waals surface area contributed by atoms with Crippen LogP contribution in [-0.4, -0.2) is 61.3 Å². The number of hydrogen-bond acceptors (Lipinski definition) is 5. The number of β-amino-alcohol motifs (C(OH)–C–C–N with tert-alkyl or cyclic N) is 1. The Kier molecular flexibility index (Phi) is 4.37. The molecule has 1 amide bonds. The lowest BCUT2D eigenvalue weighted by molar-refractivity contribution is 0.0571. The molecule has 17 heavy (non-hydrogen) atoms. The lowest BCUT2D eigenvalue weighted by atomic mass is 10.00. The number of aliphatic hydroxyl groups is 1. The fraction of sp³-hybridized carbons (Fsp3) is 0.900. The Morgan fingerprint density at radius 3 is 2.59 bits per heavy atom. The van der Waals surface area contributed by atoms with E-state index in [0.717, 1.165) is 0 Å². The molecular formula is C10H19NO5S. The van der Waals surface area contributed by atoms with Crippen LogP contribution in [0.5, 0.6) is 0 Å². The van der Waals surface area contributed by atoms with Crippen LogP contribution in [0.4, 0.5) is 4.79 Å². The van der Waals surface area contributed by atoms with Crippen LogP contribution in [0.1, 0.15) is 20.3 Å². The van der Waals surface area contributed by atoms with E-state index in [1.165, 1.54) is 4.90 Å². The van der Waals surface area contributed by atoms with Crippen LogP contribution in [0.15, 0.2) is 0 Å². The number of rotatable bonds is 4. The van der Waals surface area contributed by atoms with Crippen molar-refractivity contribution in [2.24, 2.45) is 0 Å². The summed E-state index contributed by atoms with van der Waals surface area (Å²) in [5.41, 5.74) is -0.770. The Labute approximate surface area is 101 Å². The van der Waals surface area contributed by atoms with E-state index in [9.17, 15) is 13.2 Å². The number of amides is 1. The average Bonchev–Trinajstić information content (AvgIpc) is 2.50. The fourth-order valence-electron chi connectivity index (χ4n) is 2.09. The largest absolute Gasteiger partial charge is 0.450 e. The van der Waals surface area contributed by atoms with Gasteiger partial charge in [-0.2, -0.15) is 0 Å². The first-order valence-electron chi connectivity index (χ1n) is 5.60. The monoisotopic (exact) mass is 265 g/mol. The predicted molar refractivity (Wildman–Crippen MR) is 62.5 cm³/mol. The van der Waals surface area contributed by atoms with Crippen molar-refractivity contribution >= 4 is 15.9 Å². The van der Waals surface area contributed by atoms with Crippen molar-refractivity contribution in [1.82, 2.24) is 4.90 Å². The van der Waals surface area contributed by atoms with Crippen LogP contribution < -0.4 is 0 Å². The van der Waals surface area contributed by atoms with Crippen LogP contribution >= 0.6 is 0 Å². The molecule has 0 unspecified atom stereocenters. The Balaban J connectivity index is 2.87. The second kappa shape index (κ2) is 5.22. The molecule has 1 rings (SSSR count). The number of nitrogens with zero attached hydrogens (tertiary/aromatic N) is 1. The molecule has 0 aliphatic carbocycles. The van der Waals surface area contributed by atoms with E-state index in [4.69, 9.17) is 9.84 Å². The van der Waals surface area contributed by atoms with Gasteiger partial charge in [-0.05, 0) is 20.3 Å². The Morgan fingerprint density at radius 2 is 2.18 bits per heavy atom. The summed E-state index contributed by atoms with van der Waals surface area (Å²) in [5, 5.41) is 8.96. The van der Waals surface area contributed by atoms with E-state index >= 15 is 0 Å². The molecule has 1 N–H and O–H groups in total. The molecular weight excluding hydrogens is 246 g/mol. The second-order valence-corrected chi connectivity index (χ2v) is 6.60. The van der Waals surface area contributed by atoms with Gasteiger partial charge in [0.1, 0.15) is 0 Å². The molecule has 1 saturated heterocycles. The maximum Gasteiger partial charge on any atom is 0.410 e. The quantitative estimate of drug-likeness (QED) is 0.774. The summed E-state index contributed by atoms with van der Waals surface area (Å²) in [6, 6.07) is 0. The number of carbonyl (C=O) groups excluding carboxylic acids is 1. The topological polar surface area (TPSA) is 83.9 Å². The number of sulfone groups is 1. The highest BCUT2D eigenvalue weighted by Gasteiger charge is 2.45. The highest BCUT2D eigenvalue weighted by atomic mass is 32.2. The molecule has 1 aliphatic heterocycles. The molecule has 0 bridgehead atoms. The molecule has 0 aromatic carbocycles. The second-order valence-electron chi connectivity index (χ2n) is 4.41. The van der Waals surface area contributed by atoms with Crippen LogP contribution in [0.3, 0.4) is 0 Å². The molecule has 0 spiro atoms. The van der Waals surface area contributed by atoms with E-state index in [2.05, 4.69) is 0 Å². The fourth-order valence-corrected chi connectivity index (χ4v) is 4.23. The molecule has 1 aliphatic rings. The van der Waals surface area contributed by atoms with E-state index in [1.54, 1.807) is 13.8 Å². The highest BCUT2D eigenvalue weighted by Crippen LogP contribution is 2.29. The van der Waals surface area contributed by atoms with E-state index in [0.29, 0.717) is 6.42 Å². The Morgan fingerprint density at radius 1 is 1.53 bits per heavy atom. The van der Waals surface area contributed by atoms with Gasteiger partial charge in [0.15, 0.2) is 9.84 Å². The zero-order chi connectivity index (χ0) is 13.1. The molecule has 0 aromatic heterocycles. The van der Waals surface area contributed by atoms with E-state index in [-0.39, 0.29) is 31.3 Å². The normalized spacial score (nSPS) is 26.8. The van der Waals surface area contributed by atoms with Crippen molar-refractivity contribution in [3.63, 3.8) is 0 Å². The summed E-state index contributed by atoms with van der Waals surface area (Å²) in [6.07, 6.45) is -0.185. The van der Waals surface area contributed by atoms with Crippen LogP contribution in [-0.2, 0) is 14.6 Å². The van der Waals surface area contributed by atoms with Gasteiger partial charge in [0.25, 0.3) is 0 Å². The molecule has 7 heteroatoms. The van der Waals surface area contributed by atoms with Gasteiger partial charge >= 0.3 is 6.09 Å². The SMILES string of the molecule is CCOC(=O)N(CCO)[C@@]1(C)CCS(=O)(=O)C1. The van der Waals surface area contributed by atoms with Crippen molar-refractivity contribution in [1.29, 1.82) is 0 Å². The van der Waals surface area contributed by atoms with Gasteiger partial charge in [-0.25, -0.2) is 13.2 Å². The molecule has 0 saturated carbocycles. The molecule has 100 valence electrons. The Bertz CT molecular complexity index is 380. The maximum atomic E-state index is 11.7. The summed E-state index contributed by atoms with van der Waals surface area (Å²) < 4.78 is 27.9. The van der Waals surface area contributed by atoms with Crippen molar-refractivity contribution in [2.45, 2.75) is 25.8 Å². The number of carbonyl (C=O) groups is 1. The summed E-state index contributed by atoms with van der Waals surface area (Å²) in [7, 11) is -3.10. The third-order valence-electron chi connectivity index (χ3n) is 2.95. The summed E-state index contributed by atoms with van der Waals surface area (Å²) >= 11 is 0. The van der Waals surface area contributed by atoms with Gasteiger partial charge in [-0.1, -0.05) is 0 Å². The Hall–Kier alpha value is -0.820. The van der Waals surface area contributed by atoms with E-state index < -0.39 is 21.5 Å². The van der Waals surface area contributed by atoms with Gasteiger partial charge in [0.05, 0.1) is 30.3 Å². The third kappa shape index (κ3) is 3.32. The van der Waals surface area contributed by atoms with Crippen LogP contribution in [0, 0.1) is 0 Å². The maximum absolute atomic E-state index is 11.7. The van der Waals surface area contributed by atoms with Crippen molar-refractivity contribution in [2.75, 3.05) is 31.3 Å². The third-order valence-corrected chi connectivity index (χ3v) is 4.83. The number of ether oxygens (including phenoxy) is 1. The summed E-state index contributed by atoms with van der Waals surface area (Å²) in [5.74, 6) is 0.00362. The van der Waals surface area contributed by atoms with Crippen molar-refractivity contribution in [3.05, 3.63) is 0 Å². The smallest absolute Gasteiger partial charge is 0.410 e. The zero-order valence-electron chi connectivity index (χ0n) is 10.2. The lowest BCUT2D eigenvalue weighted by Crippen LogP contribution is -2.52. The number of aliphatic hydroxyl groups excluding tert-OH is 1. The minimum Gasteiger partial charge on any atom is -0.450 e. The van der Waals surface area contributed by atoms with Gasteiger partial charge in [-0.15, -0.1) is 0 Å². The first kappa shape index (κ1) is 14.2. The predicted octanol–water partition coefficient (Wildman–Crippen LogP) is 0.0144. The standard InChI is InChI=1S/C10H19NO5S/c1-3-16-9(13)11(5-6-12)10(2)4-7-17(14,15)8-10/h12H,3-8H2,1-2H3/t10-/m0/s1. The van der Waals surface area contributed by atoms with Gasteiger partial charge in [-0.3, -0.25) is 4.90 Å². The first-order valence-corrected chi connectivity index (χ1v) is 7.42. The van der Waals surface area contributed by atoms with Crippen LogP contribution in [0.25, 0.3) is 0 Å².